The summed E-state index contributed by atoms with van der Waals surface area (Å²) >= 11 is 0. The van der Waals surface area contributed by atoms with Crippen LogP contribution in [0.3, 0.4) is 0 Å². The molecule has 0 spiro atoms. The lowest BCUT2D eigenvalue weighted by Crippen LogP contribution is -2.51. The smallest absolute Gasteiger partial charge is 0.319 e. The maximum absolute atomic E-state index is 6.36. The minimum Gasteiger partial charge on any atom is -0.462 e. The average Bonchev–Trinajstić information content (AvgIpc) is 3.53. The zero-order chi connectivity index (χ0) is 25.6. The SMILES string of the molecule is CCc1c(-c2cccc3ccccc23)ncc2c(N3CC4CCC(C3)N4)nc(OC[C@@H]3CCCN3C)nc12. The minimum atomic E-state index is 0.419. The average molecular weight is 509 g/mol. The van der Waals surface area contributed by atoms with Crippen molar-refractivity contribution < 1.29 is 4.74 Å². The third-order valence-electron chi connectivity index (χ3n) is 8.79. The van der Waals surface area contributed by atoms with Crippen LogP contribution in [0.2, 0.25) is 0 Å². The second-order valence-electron chi connectivity index (χ2n) is 11.2. The summed E-state index contributed by atoms with van der Waals surface area (Å²) in [6.45, 7) is 5.87. The van der Waals surface area contributed by atoms with Crippen LogP contribution in [0.1, 0.15) is 38.2 Å². The quantitative estimate of drug-likeness (QED) is 0.401. The van der Waals surface area contributed by atoms with Gasteiger partial charge < -0.3 is 19.9 Å². The van der Waals surface area contributed by atoms with Crippen molar-refractivity contribution in [2.24, 2.45) is 0 Å². The lowest BCUT2D eigenvalue weighted by Gasteiger charge is -2.34. The van der Waals surface area contributed by atoms with Gasteiger partial charge >= 0.3 is 6.01 Å². The molecule has 2 bridgehead atoms. The van der Waals surface area contributed by atoms with Gasteiger partial charge in [0.1, 0.15) is 12.4 Å². The molecule has 3 aliphatic rings. The number of aryl methyl sites for hydroxylation is 1. The van der Waals surface area contributed by atoms with E-state index in [1.54, 1.807) is 0 Å². The molecule has 2 unspecified atom stereocenters. The van der Waals surface area contributed by atoms with Crippen molar-refractivity contribution in [3.05, 3.63) is 54.2 Å². The van der Waals surface area contributed by atoms with Crippen LogP contribution in [-0.2, 0) is 6.42 Å². The van der Waals surface area contributed by atoms with Crippen LogP contribution in [-0.4, -0.2) is 71.3 Å². The molecule has 38 heavy (non-hydrogen) atoms. The fourth-order valence-corrected chi connectivity index (χ4v) is 6.74. The molecule has 0 aliphatic carbocycles. The maximum atomic E-state index is 6.36. The molecule has 0 amide bonds. The Balaban J connectivity index is 1.37. The number of hydrogen-bond donors (Lipinski definition) is 1. The molecule has 4 aromatic rings. The van der Waals surface area contributed by atoms with Crippen LogP contribution in [0, 0.1) is 0 Å². The molecule has 3 aliphatic heterocycles. The third kappa shape index (κ3) is 4.18. The van der Waals surface area contributed by atoms with Crippen LogP contribution in [0.25, 0.3) is 32.9 Å². The van der Waals surface area contributed by atoms with Crippen LogP contribution in [0.4, 0.5) is 5.82 Å². The number of pyridine rings is 1. The highest BCUT2D eigenvalue weighted by Gasteiger charge is 2.34. The Morgan fingerprint density at radius 1 is 0.974 bits per heavy atom. The van der Waals surface area contributed by atoms with Gasteiger partial charge in [0.05, 0.1) is 16.6 Å². The molecule has 5 heterocycles. The molecule has 3 fully saturated rings. The van der Waals surface area contributed by atoms with Crippen molar-refractivity contribution in [2.75, 3.05) is 38.2 Å². The first-order chi connectivity index (χ1) is 18.7. The standard InChI is InChI=1S/C31H36N6O/c1-3-24-28(26-12-6-9-20-8-4-5-11-25(20)26)32-16-27-29(24)34-31(38-19-23-10-7-15-36(23)2)35-30(27)37-17-21-13-14-22(18-37)33-21/h4-6,8-9,11-12,16,21-23,33H,3,7,10,13-15,17-19H2,1-2H3/t21?,22?,23-/m0/s1. The summed E-state index contributed by atoms with van der Waals surface area (Å²) in [5, 5.41) is 7.21. The highest BCUT2D eigenvalue weighted by Crippen LogP contribution is 2.37. The summed E-state index contributed by atoms with van der Waals surface area (Å²) in [6, 6.07) is 16.9. The summed E-state index contributed by atoms with van der Waals surface area (Å²) in [5.74, 6) is 0.967. The molecule has 196 valence electrons. The maximum Gasteiger partial charge on any atom is 0.319 e. The zero-order valence-electron chi connectivity index (χ0n) is 22.4. The molecule has 0 radical (unpaired) electrons. The van der Waals surface area contributed by atoms with Crippen LogP contribution in [0.5, 0.6) is 6.01 Å². The second kappa shape index (κ2) is 9.79. The third-order valence-corrected chi connectivity index (χ3v) is 8.79. The number of ether oxygens (including phenoxy) is 1. The Morgan fingerprint density at radius 3 is 2.58 bits per heavy atom. The Hall–Kier alpha value is -3.29. The Labute approximate surface area is 224 Å². The van der Waals surface area contributed by atoms with Crippen molar-refractivity contribution in [3.63, 3.8) is 0 Å². The number of benzene rings is 2. The van der Waals surface area contributed by atoms with Gasteiger partial charge in [0.25, 0.3) is 0 Å². The van der Waals surface area contributed by atoms with Gasteiger partial charge in [-0.25, -0.2) is 0 Å². The van der Waals surface area contributed by atoms with Crippen LogP contribution >= 0.6 is 0 Å². The van der Waals surface area contributed by atoms with Crippen molar-refractivity contribution in [2.45, 2.75) is 57.2 Å². The predicted molar refractivity (Wildman–Crippen MR) is 153 cm³/mol. The van der Waals surface area contributed by atoms with Gasteiger partial charge in [0.15, 0.2) is 0 Å². The highest BCUT2D eigenvalue weighted by atomic mass is 16.5. The van der Waals surface area contributed by atoms with Gasteiger partial charge in [-0.05, 0) is 56.5 Å². The number of aromatic nitrogens is 3. The van der Waals surface area contributed by atoms with E-state index in [1.807, 2.05) is 6.20 Å². The molecule has 3 atom stereocenters. The van der Waals surface area contributed by atoms with Crippen molar-refractivity contribution in [1.82, 2.24) is 25.2 Å². The van der Waals surface area contributed by atoms with Gasteiger partial charge in [0, 0.05) is 48.5 Å². The van der Waals surface area contributed by atoms with E-state index < -0.39 is 0 Å². The molecule has 1 N–H and O–H groups in total. The number of rotatable bonds is 6. The predicted octanol–water partition coefficient (Wildman–Crippen LogP) is 4.82. The summed E-state index contributed by atoms with van der Waals surface area (Å²) in [7, 11) is 2.18. The molecule has 7 rings (SSSR count). The van der Waals surface area contributed by atoms with Gasteiger partial charge in [-0.1, -0.05) is 49.4 Å². The number of likely N-dealkylation sites (tertiary alicyclic amines) is 1. The second-order valence-corrected chi connectivity index (χ2v) is 11.2. The van der Waals surface area contributed by atoms with Crippen molar-refractivity contribution >= 4 is 27.5 Å². The largest absolute Gasteiger partial charge is 0.462 e. The van der Waals surface area contributed by atoms with E-state index in [0.29, 0.717) is 30.7 Å². The van der Waals surface area contributed by atoms with Crippen LogP contribution in [0.15, 0.2) is 48.7 Å². The number of nitrogens with zero attached hydrogens (tertiary/aromatic N) is 5. The molecule has 0 saturated carbocycles. The first kappa shape index (κ1) is 23.8. The number of piperazine rings is 1. The number of likely N-dealkylation sites (N-methyl/N-ethyl adjacent to an activating group) is 1. The topological polar surface area (TPSA) is 66.4 Å². The van der Waals surface area contributed by atoms with E-state index >= 15 is 0 Å². The van der Waals surface area contributed by atoms with Gasteiger partial charge in [-0.2, -0.15) is 9.97 Å². The Kier molecular flexibility index (Phi) is 6.13. The lowest BCUT2D eigenvalue weighted by molar-refractivity contribution is 0.188. The Bertz CT molecular complexity index is 1470. The van der Waals surface area contributed by atoms with E-state index in [1.165, 1.54) is 30.0 Å². The summed E-state index contributed by atoms with van der Waals surface area (Å²) < 4.78 is 6.36. The van der Waals surface area contributed by atoms with E-state index in [2.05, 4.69) is 71.6 Å². The van der Waals surface area contributed by atoms with Crippen molar-refractivity contribution in [3.8, 4) is 17.3 Å². The molecule has 2 aromatic carbocycles. The summed E-state index contributed by atoms with van der Waals surface area (Å²) in [4.78, 5) is 20.0. The fourth-order valence-electron chi connectivity index (χ4n) is 6.74. The first-order valence-electron chi connectivity index (χ1n) is 14.2. The van der Waals surface area contributed by atoms with E-state index in [9.17, 15) is 0 Å². The van der Waals surface area contributed by atoms with Crippen LogP contribution < -0.4 is 15.0 Å². The summed E-state index contributed by atoms with van der Waals surface area (Å²) in [5.41, 5.74) is 4.28. The van der Waals surface area contributed by atoms with Crippen molar-refractivity contribution in [1.29, 1.82) is 0 Å². The lowest BCUT2D eigenvalue weighted by atomic mass is 9.96. The monoisotopic (exact) mass is 508 g/mol. The number of hydrogen-bond acceptors (Lipinski definition) is 7. The van der Waals surface area contributed by atoms with Gasteiger partial charge in [-0.3, -0.25) is 4.98 Å². The van der Waals surface area contributed by atoms with E-state index in [0.717, 1.165) is 66.0 Å². The van der Waals surface area contributed by atoms with Gasteiger partial charge in [-0.15, -0.1) is 0 Å². The molecule has 7 heteroatoms. The molecular formula is C31H36N6O. The highest BCUT2D eigenvalue weighted by molar-refractivity contribution is 6.00. The minimum absolute atomic E-state index is 0.419. The Morgan fingerprint density at radius 2 is 1.79 bits per heavy atom. The number of nitrogens with one attached hydrogen (secondary N) is 1. The van der Waals surface area contributed by atoms with E-state index in [-0.39, 0.29) is 0 Å². The molecule has 7 nitrogen and oxygen atoms in total. The van der Waals surface area contributed by atoms with E-state index in [4.69, 9.17) is 19.7 Å². The number of anilines is 1. The molecular weight excluding hydrogens is 472 g/mol. The molecule has 3 saturated heterocycles. The zero-order valence-corrected chi connectivity index (χ0v) is 22.4. The normalized spacial score (nSPS) is 23.5. The van der Waals surface area contributed by atoms with Gasteiger partial charge in [0.2, 0.25) is 0 Å². The first-order valence-corrected chi connectivity index (χ1v) is 14.2. The molecule has 2 aromatic heterocycles. The number of fused-ring (bicyclic) bond motifs is 4. The fraction of sp³-hybridized carbons (Fsp3) is 0.452. The summed E-state index contributed by atoms with van der Waals surface area (Å²) in [6.07, 6.45) is 7.66.